The lowest BCUT2D eigenvalue weighted by Crippen LogP contribution is -2.55. The van der Waals surface area contributed by atoms with E-state index in [2.05, 4.69) is 27.3 Å². The van der Waals surface area contributed by atoms with E-state index >= 15 is 0 Å². The van der Waals surface area contributed by atoms with Crippen LogP contribution in [0.3, 0.4) is 0 Å². The van der Waals surface area contributed by atoms with Crippen molar-refractivity contribution in [1.29, 1.82) is 0 Å². The van der Waals surface area contributed by atoms with Gasteiger partial charge in [-0.2, -0.15) is 0 Å². The highest BCUT2D eigenvalue weighted by atomic mass is 16.8. The molecule has 0 aromatic rings. The van der Waals surface area contributed by atoms with Gasteiger partial charge in [0.05, 0.1) is 6.54 Å². The highest BCUT2D eigenvalue weighted by Crippen LogP contribution is 2.39. The number of hydrogen-bond donors (Lipinski definition) is 2. The Morgan fingerprint density at radius 2 is 1.91 bits per heavy atom. The molecule has 4 fully saturated rings. The quantitative estimate of drug-likeness (QED) is 0.542. The Kier molecular flexibility index (Phi) is 7.36. The maximum Gasteiger partial charge on any atom is 0.407 e. The monoisotopic (exact) mass is 479 g/mol. The smallest absolute Gasteiger partial charge is 0.407 e. The molecular formula is C23H37N5O6. The number of carbonyl (C=O) groups is 2. The molecule has 34 heavy (non-hydrogen) atoms. The molecule has 4 saturated heterocycles. The molecule has 0 aromatic heterocycles. The van der Waals surface area contributed by atoms with Crippen LogP contribution in [0, 0.1) is 6.57 Å². The third-order valence-corrected chi connectivity index (χ3v) is 7.29. The first-order valence-corrected chi connectivity index (χ1v) is 12.2. The Morgan fingerprint density at radius 1 is 1.18 bits per heavy atom. The molecule has 4 aliphatic rings. The van der Waals surface area contributed by atoms with Crippen molar-refractivity contribution in [3.8, 4) is 0 Å². The van der Waals surface area contributed by atoms with Gasteiger partial charge in [-0.3, -0.25) is 14.5 Å². The first kappa shape index (κ1) is 25.1. The zero-order chi connectivity index (χ0) is 24.5. The standard InChI is InChI=1S/C23H37N5O6/c1-22(2)33-19-18(32-21(30)25-5)15(31-20(19)34-22)14-27-11-8-23(3,9-12-27)26-13-17(29)28-10-6-7-16(28)24-4/h15-16,18-20,26H,6-14H2,1-3,5H3,(H,25,30)/t15-,16+,18+,19-,20-/m1/s1. The van der Waals surface area contributed by atoms with Crippen LogP contribution in [-0.4, -0.2) is 104 Å². The van der Waals surface area contributed by atoms with E-state index in [1.807, 2.05) is 13.8 Å². The van der Waals surface area contributed by atoms with Gasteiger partial charge in [0.2, 0.25) is 5.91 Å². The molecule has 0 aromatic carbocycles. The molecule has 0 unspecified atom stereocenters. The zero-order valence-corrected chi connectivity index (χ0v) is 20.5. The van der Waals surface area contributed by atoms with E-state index in [-0.39, 0.29) is 30.3 Å². The summed E-state index contributed by atoms with van der Waals surface area (Å²) in [6.07, 6.45) is 0.616. The summed E-state index contributed by atoms with van der Waals surface area (Å²) in [5.74, 6) is -0.782. The maximum atomic E-state index is 12.6. The number of rotatable bonds is 6. The fourth-order valence-electron chi connectivity index (χ4n) is 5.24. The molecule has 4 aliphatic heterocycles. The summed E-state index contributed by atoms with van der Waals surface area (Å²) in [6, 6.07) is 0. The SMILES string of the molecule is [C-]#[N+][C@@H]1CCCN1C(=O)CNC1(C)CCN(C[C@H]2O[C@@H]3OC(C)(C)O[C@@H]3[C@H]2OC(=O)NC)CC1. The van der Waals surface area contributed by atoms with Gasteiger partial charge in [-0.15, -0.1) is 0 Å². The Hall–Kier alpha value is -1.97. The molecule has 0 aliphatic carbocycles. The number of fused-ring (bicyclic) bond motifs is 1. The molecule has 4 rings (SSSR count). The van der Waals surface area contributed by atoms with E-state index in [0.717, 1.165) is 38.8 Å². The van der Waals surface area contributed by atoms with Gasteiger partial charge in [0.15, 0.2) is 24.3 Å². The van der Waals surface area contributed by atoms with Crippen molar-refractivity contribution in [2.24, 2.45) is 0 Å². The number of alkyl carbamates (subject to hydrolysis) is 1. The molecule has 0 radical (unpaired) electrons. The largest absolute Gasteiger partial charge is 0.440 e. The highest BCUT2D eigenvalue weighted by molar-refractivity contribution is 5.79. The lowest BCUT2D eigenvalue weighted by Gasteiger charge is -2.41. The fraction of sp³-hybridized carbons (Fsp3) is 0.870. The van der Waals surface area contributed by atoms with E-state index in [1.54, 1.807) is 4.90 Å². The van der Waals surface area contributed by atoms with Crippen LogP contribution < -0.4 is 10.6 Å². The van der Waals surface area contributed by atoms with E-state index in [1.165, 1.54) is 7.05 Å². The fourth-order valence-corrected chi connectivity index (χ4v) is 5.24. The molecular weight excluding hydrogens is 442 g/mol. The van der Waals surface area contributed by atoms with Gasteiger partial charge < -0.3 is 34.5 Å². The van der Waals surface area contributed by atoms with E-state index in [4.69, 9.17) is 25.5 Å². The molecule has 11 nitrogen and oxygen atoms in total. The average molecular weight is 480 g/mol. The number of nitrogens with one attached hydrogen (secondary N) is 2. The molecule has 0 saturated carbocycles. The summed E-state index contributed by atoms with van der Waals surface area (Å²) in [5, 5.41) is 5.94. The second kappa shape index (κ2) is 9.95. The maximum absolute atomic E-state index is 12.6. The summed E-state index contributed by atoms with van der Waals surface area (Å²) in [4.78, 5) is 32.1. The summed E-state index contributed by atoms with van der Waals surface area (Å²) >= 11 is 0. The third-order valence-electron chi connectivity index (χ3n) is 7.29. The second-order valence-electron chi connectivity index (χ2n) is 10.3. The normalized spacial score (nSPS) is 34.4. The molecule has 2 N–H and O–H groups in total. The van der Waals surface area contributed by atoms with Crippen LogP contribution in [0.4, 0.5) is 4.79 Å². The number of carbonyl (C=O) groups excluding carboxylic acids is 2. The van der Waals surface area contributed by atoms with Crippen LogP contribution in [0.2, 0.25) is 0 Å². The molecule has 0 spiro atoms. The van der Waals surface area contributed by atoms with Crippen molar-refractivity contribution in [1.82, 2.24) is 20.4 Å². The van der Waals surface area contributed by atoms with Gasteiger partial charge in [0.1, 0.15) is 6.10 Å². The number of likely N-dealkylation sites (tertiary alicyclic amines) is 2. The topological polar surface area (TPSA) is 106 Å². The Morgan fingerprint density at radius 3 is 2.59 bits per heavy atom. The minimum Gasteiger partial charge on any atom is -0.440 e. The Bertz CT molecular complexity index is 808. The van der Waals surface area contributed by atoms with Gasteiger partial charge in [0.25, 0.3) is 0 Å². The van der Waals surface area contributed by atoms with Crippen LogP contribution in [0.25, 0.3) is 4.85 Å². The number of ether oxygens (including phenoxy) is 4. The summed E-state index contributed by atoms with van der Waals surface area (Å²) in [7, 11) is 1.52. The lowest BCUT2D eigenvalue weighted by molar-refractivity contribution is -0.216. The molecule has 4 heterocycles. The van der Waals surface area contributed by atoms with Crippen molar-refractivity contribution in [3.05, 3.63) is 11.4 Å². The molecule has 190 valence electrons. The van der Waals surface area contributed by atoms with E-state index in [0.29, 0.717) is 13.1 Å². The van der Waals surface area contributed by atoms with Gasteiger partial charge >= 0.3 is 12.3 Å². The van der Waals surface area contributed by atoms with Crippen molar-refractivity contribution in [2.45, 2.75) is 88.5 Å². The predicted octanol–water partition coefficient (Wildman–Crippen LogP) is 0.899. The second-order valence-corrected chi connectivity index (χ2v) is 10.3. The molecule has 0 bridgehead atoms. The summed E-state index contributed by atoms with van der Waals surface area (Å²) in [6.45, 7) is 16.2. The average Bonchev–Trinajstić information content (AvgIpc) is 3.47. The minimum atomic E-state index is -0.787. The molecule has 2 amide bonds. The Labute approximate surface area is 201 Å². The molecule has 11 heteroatoms. The van der Waals surface area contributed by atoms with Crippen molar-refractivity contribution in [2.75, 3.05) is 39.8 Å². The van der Waals surface area contributed by atoms with Gasteiger partial charge in [-0.25, -0.2) is 11.4 Å². The lowest BCUT2D eigenvalue weighted by atomic mass is 9.89. The predicted molar refractivity (Wildman–Crippen MR) is 121 cm³/mol. The minimum absolute atomic E-state index is 0.00478. The van der Waals surface area contributed by atoms with Crippen molar-refractivity contribution >= 4 is 12.0 Å². The summed E-state index contributed by atoms with van der Waals surface area (Å²) < 4.78 is 23.5. The van der Waals surface area contributed by atoms with Gasteiger partial charge in [-0.1, -0.05) is 0 Å². The van der Waals surface area contributed by atoms with Gasteiger partial charge in [-0.05, 0) is 53.1 Å². The third kappa shape index (κ3) is 5.47. The first-order valence-electron chi connectivity index (χ1n) is 12.2. The van der Waals surface area contributed by atoms with E-state index in [9.17, 15) is 9.59 Å². The van der Waals surface area contributed by atoms with Crippen LogP contribution in [0.1, 0.15) is 46.5 Å². The number of nitrogens with zero attached hydrogens (tertiary/aromatic N) is 3. The number of hydrogen-bond acceptors (Lipinski definition) is 8. The van der Waals surface area contributed by atoms with Crippen molar-refractivity contribution < 1.29 is 28.5 Å². The van der Waals surface area contributed by atoms with Crippen LogP contribution in [0.5, 0.6) is 0 Å². The first-order chi connectivity index (χ1) is 16.1. The van der Waals surface area contributed by atoms with Gasteiger partial charge in [0, 0.05) is 32.1 Å². The number of piperidine rings is 1. The highest BCUT2D eigenvalue weighted by Gasteiger charge is 2.57. The zero-order valence-electron chi connectivity index (χ0n) is 20.5. The number of amides is 2. The van der Waals surface area contributed by atoms with Crippen molar-refractivity contribution in [3.63, 3.8) is 0 Å². The summed E-state index contributed by atoms with van der Waals surface area (Å²) in [5.41, 5.74) is -0.152. The van der Waals surface area contributed by atoms with Crippen LogP contribution in [-0.2, 0) is 23.7 Å². The van der Waals surface area contributed by atoms with Crippen LogP contribution in [0.15, 0.2) is 0 Å². The van der Waals surface area contributed by atoms with Crippen LogP contribution >= 0.6 is 0 Å². The Balaban J connectivity index is 1.28. The van der Waals surface area contributed by atoms with E-state index < -0.39 is 30.4 Å². The molecule has 5 atom stereocenters.